The fourth-order valence-corrected chi connectivity index (χ4v) is 4.27. The fraction of sp³-hybridized carbons (Fsp3) is 1.00. The second-order valence-electron chi connectivity index (χ2n) is 5.67. The first kappa shape index (κ1) is 13.7. The van der Waals surface area contributed by atoms with Gasteiger partial charge in [-0.1, -0.05) is 13.8 Å². The van der Waals surface area contributed by atoms with Gasteiger partial charge in [0.1, 0.15) is 0 Å². The Hall–Kier alpha value is 0.270. The van der Waals surface area contributed by atoms with Crippen LogP contribution < -0.4 is 5.32 Å². The first-order valence-corrected chi connectivity index (χ1v) is 8.52. The molecule has 0 spiro atoms. The van der Waals surface area contributed by atoms with Crippen LogP contribution in [0, 0.1) is 5.92 Å². The molecule has 0 aromatic heterocycles. The van der Waals surface area contributed by atoms with Gasteiger partial charge in [-0.2, -0.15) is 11.8 Å². The van der Waals surface area contributed by atoms with Crippen molar-refractivity contribution < 1.29 is 0 Å². The molecule has 2 unspecified atom stereocenters. The van der Waals surface area contributed by atoms with Crippen LogP contribution in [0.1, 0.15) is 39.5 Å². The molecular weight excluding hydrogens is 228 g/mol. The molecule has 0 aromatic rings. The van der Waals surface area contributed by atoms with Gasteiger partial charge in [0.25, 0.3) is 0 Å². The number of likely N-dealkylation sites (tertiary alicyclic amines) is 1. The predicted octanol–water partition coefficient (Wildman–Crippen LogP) is 2.59. The number of rotatable bonds is 4. The molecule has 0 aromatic carbocycles. The molecule has 0 radical (unpaired) electrons. The largest absolute Gasteiger partial charge is 0.314 e. The SMILES string of the molecule is CCCNC1CCN(C2CCSCC2)CC1C. The van der Waals surface area contributed by atoms with E-state index < -0.39 is 0 Å². The minimum absolute atomic E-state index is 0.768. The molecule has 0 bridgehead atoms. The van der Waals surface area contributed by atoms with Gasteiger partial charge in [0.05, 0.1) is 0 Å². The van der Waals surface area contributed by atoms with Crippen molar-refractivity contribution >= 4 is 11.8 Å². The molecule has 2 rings (SSSR count). The van der Waals surface area contributed by atoms with Crippen molar-refractivity contribution in [1.29, 1.82) is 0 Å². The van der Waals surface area contributed by atoms with Crippen molar-refractivity contribution in [2.24, 2.45) is 5.92 Å². The quantitative estimate of drug-likeness (QED) is 0.832. The molecule has 2 fully saturated rings. The molecule has 17 heavy (non-hydrogen) atoms. The third-order valence-electron chi connectivity index (χ3n) is 4.30. The topological polar surface area (TPSA) is 15.3 Å². The monoisotopic (exact) mass is 256 g/mol. The van der Waals surface area contributed by atoms with Gasteiger partial charge in [-0.3, -0.25) is 4.90 Å². The van der Waals surface area contributed by atoms with E-state index in [4.69, 9.17) is 0 Å². The zero-order chi connectivity index (χ0) is 12.1. The van der Waals surface area contributed by atoms with Crippen molar-refractivity contribution in [3.05, 3.63) is 0 Å². The van der Waals surface area contributed by atoms with Crippen molar-refractivity contribution in [2.75, 3.05) is 31.1 Å². The summed E-state index contributed by atoms with van der Waals surface area (Å²) in [6, 6.07) is 1.66. The normalized spacial score (nSPS) is 32.8. The summed E-state index contributed by atoms with van der Waals surface area (Å²) in [5, 5.41) is 3.71. The van der Waals surface area contributed by atoms with E-state index >= 15 is 0 Å². The van der Waals surface area contributed by atoms with E-state index in [1.54, 1.807) is 0 Å². The minimum Gasteiger partial charge on any atom is -0.314 e. The van der Waals surface area contributed by atoms with Crippen molar-refractivity contribution in [1.82, 2.24) is 10.2 Å². The summed E-state index contributed by atoms with van der Waals surface area (Å²) < 4.78 is 0. The molecule has 2 aliphatic heterocycles. The summed E-state index contributed by atoms with van der Waals surface area (Å²) in [4.78, 5) is 2.77. The summed E-state index contributed by atoms with van der Waals surface area (Å²) in [6.07, 6.45) is 5.45. The van der Waals surface area contributed by atoms with Crippen LogP contribution in [-0.2, 0) is 0 Å². The third-order valence-corrected chi connectivity index (χ3v) is 5.35. The lowest BCUT2D eigenvalue weighted by Crippen LogP contribution is -2.52. The number of hydrogen-bond donors (Lipinski definition) is 1. The standard InChI is InChI=1S/C14H28N2S/c1-3-7-15-14-4-8-16(11-12(14)2)13-5-9-17-10-6-13/h12-15H,3-11H2,1-2H3. The molecule has 1 N–H and O–H groups in total. The van der Waals surface area contributed by atoms with Gasteiger partial charge in [0.2, 0.25) is 0 Å². The highest BCUT2D eigenvalue weighted by Crippen LogP contribution is 2.26. The smallest absolute Gasteiger partial charge is 0.0117 e. The Kier molecular flexibility index (Phi) is 5.64. The Labute approximate surface area is 111 Å². The highest BCUT2D eigenvalue weighted by atomic mass is 32.2. The van der Waals surface area contributed by atoms with Crippen LogP contribution in [0.25, 0.3) is 0 Å². The van der Waals surface area contributed by atoms with Crippen LogP contribution in [0.5, 0.6) is 0 Å². The second kappa shape index (κ2) is 7.01. The molecule has 100 valence electrons. The van der Waals surface area contributed by atoms with Gasteiger partial charge in [0.15, 0.2) is 0 Å². The first-order valence-electron chi connectivity index (χ1n) is 7.36. The average Bonchev–Trinajstić information content (AvgIpc) is 2.38. The maximum Gasteiger partial charge on any atom is 0.0117 e. The predicted molar refractivity (Wildman–Crippen MR) is 77.8 cm³/mol. The van der Waals surface area contributed by atoms with E-state index in [2.05, 4.69) is 35.8 Å². The van der Waals surface area contributed by atoms with Gasteiger partial charge >= 0.3 is 0 Å². The number of piperidine rings is 1. The van der Waals surface area contributed by atoms with Crippen LogP contribution in [0.15, 0.2) is 0 Å². The molecule has 3 heteroatoms. The first-order chi connectivity index (χ1) is 8.31. The van der Waals surface area contributed by atoms with Gasteiger partial charge in [-0.05, 0) is 56.2 Å². The molecule has 0 saturated carbocycles. The number of hydrogen-bond acceptors (Lipinski definition) is 3. The van der Waals surface area contributed by atoms with E-state index in [9.17, 15) is 0 Å². The van der Waals surface area contributed by atoms with E-state index in [1.165, 1.54) is 56.8 Å². The lowest BCUT2D eigenvalue weighted by atomic mass is 9.92. The van der Waals surface area contributed by atoms with Crippen molar-refractivity contribution in [3.63, 3.8) is 0 Å². The third kappa shape index (κ3) is 3.87. The summed E-state index contributed by atoms with van der Waals surface area (Å²) in [5.41, 5.74) is 0. The molecule has 0 aliphatic carbocycles. The zero-order valence-corrected chi connectivity index (χ0v) is 12.3. The zero-order valence-electron chi connectivity index (χ0n) is 11.5. The van der Waals surface area contributed by atoms with E-state index in [-0.39, 0.29) is 0 Å². The number of nitrogens with one attached hydrogen (secondary N) is 1. The average molecular weight is 256 g/mol. The molecule has 2 heterocycles. The van der Waals surface area contributed by atoms with E-state index in [0.717, 1.165) is 18.0 Å². The molecule has 2 nitrogen and oxygen atoms in total. The van der Waals surface area contributed by atoms with Crippen LogP contribution in [0.4, 0.5) is 0 Å². The van der Waals surface area contributed by atoms with Gasteiger partial charge in [-0.15, -0.1) is 0 Å². The molecule has 2 aliphatic rings. The Morgan fingerprint density at radius 1 is 1.24 bits per heavy atom. The highest BCUT2D eigenvalue weighted by Gasteiger charge is 2.30. The highest BCUT2D eigenvalue weighted by molar-refractivity contribution is 7.99. The molecular formula is C14H28N2S. The lowest BCUT2D eigenvalue weighted by molar-refractivity contribution is 0.0988. The maximum atomic E-state index is 3.71. The summed E-state index contributed by atoms with van der Waals surface area (Å²) >= 11 is 2.14. The second-order valence-corrected chi connectivity index (χ2v) is 6.89. The molecule has 0 amide bonds. The van der Waals surface area contributed by atoms with Crippen LogP contribution in [-0.4, -0.2) is 48.1 Å². The lowest BCUT2D eigenvalue weighted by Gasteiger charge is -2.42. The fourth-order valence-electron chi connectivity index (χ4n) is 3.19. The van der Waals surface area contributed by atoms with E-state index in [0.29, 0.717) is 0 Å². The summed E-state index contributed by atoms with van der Waals surface area (Å²) in [6.45, 7) is 8.51. The number of nitrogens with zero attached hydrogens (tertiary/aromatic N) is 1. The minimum atomic E-state index is 0.768. The van der Waals surface area contributed by atoms with E-state index in [1.807, 2.05) is 0 Å². The summed E-state index contributed by atoms with van der Waals surface area (Å²) in [7, 11) is 0. The molecule has 2 atom stereocenters. The van der Waals surface area contributed by atoms with Crippen molar-refractivity contribution in [2.45, 2.75) is 51.6 Å². The van der Waals surface area contributed by atoms with Crippen LogP contribution in [0.3, 0.4) is 0 Å². The number of thioether (sulfide) groups is 1. The Bertz CT molecular complexity index is 216. The van der Waals surface area contributed by atoms with Crippen LogP contribution in [0.2, 0.25) is 0 Å². The Morgan fingerprint density at radius 3 is 2.65 bits per heavy atom. The molecule has 2 saturated heterocycles. The van der Waals surface area contributed by atoms with Crippen LogP contribution >= 0.6 is 11.8 Å². The van der Waals surface area contributed by atoms with Gasteiger partial charge in [-0.25, -0.2) is 0 Å². The van der Waals surface area contributed by atoms with Gasteiger partial charge in [0, 0.05) is 18.6 Å². The van der Waals surface area contributed by atoms with Crippen molar-refractivity contribution in [3.8, 4) is 0 Å². The Balaban J connectivity index is 1.77. The Morgan fingerprint density at radius 2 is 2.00 bits per heavy atom. The maximum absolute atomic E-state index is 3.71. The summed E-state index contributed by atoms with van der Waals surface area (Å²) in [5.74, 6) is 3.59. The van der Waals surface area contributed by atoms with Gasteiger partial charge < -0.3 is 5.32 Å².